The largest absolute Gasteiger partial charge is 0.500 e. The van der Waals surface area contributed by atoms with Gasteiger partial charge in [-0.05, 0) is 113 Å². The summed E-state index contributed by atoms with van der Waals surface area (Å²) in [6.07, 6.45) is 3.60. The highest BCUT2D eigenvalue weighted by Crippen LogP contribution is 2.38. The summed E-state index contributed by atoms with van der Waals surface area (Å²) >= 11 is 0. The average molecular weight is 536 g/mol. The normalized spacial score (nSPS) is 20.1. The molecule has 204 valence electrons. The van der Waals surface area contributed by atoms with Crippen LogP contribution in [0.2, 0.25) is 44.3 Å². The van der Waals surface area contributed by atoms with Gasteiger partial charge in [0, 0.05) is 43.5 Å². The fourth-order valence-corrected chi connectivity index (χ4v) is 18.9. The zero-order chi connectivity index (χ0) is 26.3. The first kappa shape index (κ1) is 32.4. The molecule has 1 aliphatic rings. The van der Waals surface area contributed by atoms with Gasteiger partial charge in [0.1, 0.15) is 0 Å². The molecule has 0 aromatic rings. The Balaban J connectivity index is 2.56. The van der Waals surface area contributed by atoms with Crippen molar-refractivity contribution in [3.63, 3.8) is 0 Å². The highest BCUT2D eigenvalue weighted by Gasteiger charge is 2.45. The Morgan fingerprint density at radius 1 is 0.735 bits per heavy atom. The minimum absolute atomic E-state index is 0.169. The molecule has 1 rings (SSSR count). The Morgan fingerprint density at radius 2 is 1.18 bits per heavy atom. The lowest BCUT2D eigenvalue weighted by molar-refractivity contribution is -0.0912. The third kappa shape index (κ3) is 10.4. The van der Waals surface area contributed by atoms with Gasteiger partial charge in [0.2, 0.25) is 0 Å². The van der Waals surface area contributed by atoms with Gasteiger partial charge in [-0.1, -0.05) is 0 Å². The monoisotopic (exact) mass is 535 g/mol. The lowest BCUT2D eigenvalue weighted by Crippen LogP contribution is -2.60. The van der Waals surface area contributed by atoms with Gasteiger partial charge in [0.15, 0.2) is 16.6 Å². The smallest absolute Gasteiger partial charge is 0.456 e. The van der Waals surface area contributed by atoms with Crippen molar-refractivity contribution in [2.24, 2.45) is 0 Å². The second-order valence-electron chi connectivity index (χ2n) is 12.3. The maximum absolute atomic E-state index is 6.90. The summed E-state index contributed by atoms with van der Waals surface area (Å²) in [5, 5.41) is 0. The standard InChI is InChI=1S/C25H57NO5Si3/c1-13-28-34(29-14-2,30-15-3)20-19-33(11,12)31-32(9,10)18-16-17-27-23-21-24(4,5)26(8)25(6,7)22-23/h23H,13-22H2,1-12H3. The summed E-state index contributed by atoms with van der Waals surface area (Å²) in [4.78, 5) is 2.51. The van der Waals surface area contributed by atoms with Crippen LogP contribution in [0.1, 0.15) is 67.7 Å². The van der Waals surface area contributed by atoms with E-state index in [2.05, 4.69) is 65.8 Å². The van der Waals surface area contributed by atoms with Crippen LogP contribution in [-0.4, -0.2) is 81.0 Å². The van der Waals surface area contributed by atoms with Crippen molar-refractivity contribution >= 4 is 25.4 Å². The second-order valence-corrected chi connectivity index (χ2v) is 23.9. The summed E-state index contributed by atoms with van der Waals surface area (Å²) in [5.41, 5.74) is 0.338. The SMILES string of the molecule is CCO[Si](CC[Si](C)(C)O[Si](C)(C)CCCOC1CC(C)(C)N(C)C(C)(C)C1)(OCC)OCC. The van der Waals surface area contributed by atoms with Crippen LogP contribution >= 0.6 is 0 Å². The third-order valence-electron chi connectivity index (χ3n) is 7.23. The quantitative estimate of drug-likeness (QED) is 0.166. The van der Waals surface area contributed by atoms with Crippen molar-refractivity contribution in [3.05, 3.63) is 0 Å². The van der Waals surface area contributed by atoms with Crippen LogP contribution in [0.3, 0.4) is 0 Å². The van der Waals surface area contributed by atoms with E-state index in [1.165, 1.54) is 0 Å². The highest BCUT2D eigenvalue weighted by atomic mass is 28.4. The van der Waals surface area contributed by atoms with Crippen LogP contribution in [0.15, 0.2) is 0 Å². The van der Waals surface area contributed by atoms with Crippen LogP contribution in [0.5, 0.6) is 0 Å². The van der Waals surface area contributed by atoms with Gasteiger partial charge in [-0.3, -0.25) is 4.90 Å². The van der Waals surface area contributed by atoms with Gasteiger partial charge in [0.25, 0.3) is 0 Å². The average Bonchev–Trinajstić information content (AvgIpc) is 2.67. The molecular formula is C25H57NO5Si3. The first-order valence-corrected chi connectivity index (χ1v) is 21.7. The van der Waals surface area contributed by atoms with Crippen LogP contribution in [-0.2, 0) is 22.1 Å². The molecule has 0 saturated carbocycles. The fourth-order valence-electron chi connectivity index (χ4n) is 5.45. The highest BCUT2D eigenvalue weighted by molar-refractivity contribution is 6.85. The minimum Gasteiger partial charge on any atom is -0.456 e. The molecule has 1 aliphatic heterocycles. The number of piperidine rings is 1. The number of rotatable bonds is 16. The predicted molar refractivity (Wildman–Crippen MR) is 151 cm³/mol. The maximum atomic E-state index is 6.90. The Labute approximate surface area is 215 Å². The molecule has 0 atom stereocenters. The van der Waals surface area contributed by atoms with E-state index in [0.29, 0.717) is 25.9 Å². The molecule has 1 fully saturated rings. The molecule has 0 N–H and O–H groups in total. The minimum atomic E-state index is -2.61. The molecule has 0 aromatic heterocycles. The van der Waals surface area contributed by atoms with Crippen molar-refractivity contribution < 1.29 is 22.1 Å². The Kier molecular flexibility index (Phi) is 12.7. The zero-order valence-electron chi connectivity index (χ0n) is 24.6. The number of ether oxygens (including phenoxy) is 1. The van der Waals surface area contributed by atoms with E-state index in [0.717, 1.165) is 44.0 Å². The van der Waals surface area contributed by atoms with Crippen LogP contribution < -0.4 is 0 Å². The van der Waals surface area contributed by atoms with Crippen molar-refractivity contribution in [2.45, 2.75) is 129 Å². The van der Waals surface area contributed by atoms with Gasteiger partial charge < -0.3 is 22.1 Å². The summed E-state index contributed by atoms with van der Waals surface area (Å²) in [7, 11) is -4.01. The number of likely N-dealkylation sites (tertiary alicyclic amines) is 1. The van der Waals surface area contributed by atoms with Crippen molar-refractivity contribution in [2.75, 3.05) is 33.5 Å². The molecule has 0 aromatic carbocycles. The van der Waals surface area contributed by atoms with E-state index < -0.39 is 25.4 Å². The van der Waals surface area contributed by atoms with Crippen LogP contribution in [0.25, 0.3) is 0 Å². The van der Waals surface area contributed by atoms with Gasteiger partial charge in [-0.15, -0.1) is 0 Å². The van der Waals surface area contributed by atoms with Crippen LogP contribution in [0, 0.1) is 0 Å². The van der Waals surface area contributed by atoms with E-state index >= 15 is 0 Å². The molecule has 0 aliphatic carbocycles. The maximum Gasteiger partial charge on any atom is 0.500 e. The summed E-state index contributed by atoms with van der Waals surface area (Å²) in [6.45, 7) is 27.5. The first-order valence-electron chi connectivity index (χ1n) is 13.5. The summed E-state index contributed by atoms with van der Waals surface area (Å²) < 4.78 is 31.5. The van der Waals surface area contributed by atoms with Crippen LogP contribution in [0.4, 0.5) is 0 Å². The van der Waals surface area contributed by atoms with E-state index in [1.54, 1.807) is 0 Å². The Morgan fingerprint density at radius 3 is 1.62 bits per heavy atom. The number of nitrogens with zero attached hydrogens (tertiary/aromatic N) is 1. The predicted octanol–water partition coefficient (Wildman–Crippen LogP) is 6.52. The fraction of sp³-hybridized carbons (Fsp3) is 1.00. The van der Waals surface area contributed by atoms with E-state index in [-0.39, 0.29) is 11.1 Å². The lowest BCUT2D eigenvalue weighted by atomic mass is 9.79. The van der Waals surface area contributed by atoms with Gasteiger partial charge in [-0.2, -0.15) is 0 Å². The van der Waals surface area contributed by atoms with E-state index in [1.807, 2.05) is 20.8 Å². The molecule has 0 bridgehead atoms. The van der Waals surface area contributed by atoms with Gasteiger partial charge >= 0.3 is 8.80 Å². The Bertz CT molecular complexity index is 566. The van der Waals surface area contributed by atoms with E-state index in [9.17, 15) is 0 Å². The molecule has 1 saturated heterocycles. The Hall–Kier alpha value is 0.411. The number of hydrogen-bond acceptors (Lipinski definition) is 6. The molecule has 0 amide bonds. The summed E-state index contributed by atoms with van der Waals surface area (Å²) in [5.74, 6) is 0. The van der Waals surface area contributed by atoms with Gasteiger partial charge in [-0.25, -0.2) is 0 Å². The molecule has 9 heteroatoms. The first-order chi connectivity index (χ1) is 15.5. The molecule has 6 nitrogen and oxygen atoms in total. The van der Waals surface area contributed by atoms with Crippen molar-refractivity contribution in [1.82, 2.24) is 4.90 Å². The van der Waals surface area contributed by atoms with Crippen molar-refractivity contribution in [3.8, 4) is 0 Å². The lowest BCUT2D eigenvalue weighted by Gasteiger charge is -2.53. The number of hydrogen-bond donors (Lipinski definition) is 0. The zero-order valence-corrected chi connectivity index (χ0v) is 27.6. The molecule has 0 unspecified atom stereocenters. The second kappa shape index (κ2) is 13.3. The van der Waals surface area contributed by atoms with E-state index in [4.69, 9.17) is 22.1 Å². The van der Waals surface area contributed by atoms with Gasteiger partial charge in [0.05, 0.1) is 6.10 Å². The topological polar surface area (TPSA) is 49.4 Å². The molecule has 0 radical (unpaired) electrons. The van der Waals surface area contributed by atoms with Crippen molar-refractivity contribution in [1.29, 1.82) is 0 Å². The molecule has 0 spiro atoms. The molecular weight excluding hydrogens is 479 g/mol. The summed E-state index contributed by atoms with van der Waals surface area (Å²) in [6, 6.07) is 2.98. The third-order valence-corrected chi connectivity index (χ3v) is 18.2. The molecule has 1 heterocycles. The molecule has 34 heavy (non-hydrogen) atoms.